The molecule has 2 aromatic carbocycles. The van der Waals surface area contributed by atoms with Gasteiger partial charge in [0.15, 0.2) is 0 Å². The number of fused-ring (bicyclic) bond motifs is 1. The molecule has 0 saturated heterocycles. The molecule has 0 spiro atoms. The van der Waals surface area contributed by atoms with E-state index < -0.39 is 0 Å². The minimum Gasteiger partial charge on any atom is -0.352 e. The summed E-state index contributed by atoms with van der Waals surface area (Å²) in [7, 11) is 0. The molecule has 0 atom stereocenters. The van der Waals surface area contributed by atoms with Crippen LogP contribution in [0.15, 0.2) is 53.4 Å². The minimum absolute atomic E-state index is 0.0429. The van der Waals surface area contributed by atoms with Crippen LogP contribution in [0, 0.1) is 0 Å². The number of rotatable bonds is 5. The van der Waals surface area contributed by atoms with Crippen molar-refractivity contribution in [3.8, 4) is 0 Å². The van der Waals surface area contributed by atoms with Gasteiger partial charge in [-0.05, 0) is 29.8 Å². The van der Waals surface area contributed by atoms with Gasteiger partial charge in [0, 0.05) is 29.4 Å². The Kier molecular flexibility index (Phi) is 5.43. The van der Waals surface area contributed by atoms with Gasteiger partial charge in [-0.3, -0.25) is 9.59 Å². The van der Waals surface area contributed by atoms with Crippen molar-refractivity contribution >= 4 is 40.9 Å². The molecule has 3 rings (SSSR count). The Morgan fingerprint density at radius 1 is 1.21 bits per heavy atom. The van der Waals surface area contributed by atoms with Crippen LogP contribution in [-0.2, 0) is 16.1 Å². The summed E-state index contributed by atoms with van der Waals surface area (Å²) in [5.41, 5.74) is 1.84. The largest absolute Gasteiger partial charge is 0.352 e. The van der Waals surface area contributed by atoms with E-state index in [4.69, 9.17) is 11.6 Å². The molecule has 0 radical (unpaired) electrons. The zero-order chi connectivity index (χ0) is 16.9. The molecule has 6 heteroatoms. The first-order chi connectivity index (χ1) is 11.6. The van der Waals surface area contributed by atoms with Crippen molar-refractivity contribution < 1.29 is 9.59 Å². The van der Waals surface area contributed by atoms with Crippen LogP contribution in [0.5, 0.6) is 0 Å². The van der Waals surface area contributed by atoms with Crippen LogP contribution in [0.3, 0.4) is 0 Å². The zero-order valence-corrected chi connectivity index (χ0v) is 14.6. The summed E-state index contributed by atoms with van der Waals surface area (Å²) in [5, 5.41) is 3.51. The first-order valence-corrected chi connectivity index (χ1v) is 9.03. The Balaban J connectivity index is 1.55. The van der Waals surface area contributed by atoms with E-state index in [0.717, 1.165) is 16.1 Å². The standard InChI is InChI=1S/C18H17ClN2O2S/c19-14-5-3-4-13(10-14)11-20-17(22)8-9-21-15-6-1-2-7-16(15)24-12-18(21)23/h1-7,10H,8-9,11-12H2,(H,20,22). The highest BCUT2D eigenvalue weighted by molar-refractivity contribution is 8.00. The van der Waals surface area contributed by atoms with Crippen LogP contribution in [-0.4, -0.2) is 24.1 Å². The quantitative estimate of drug-likeness (QED) is 0.888. The predicted molar refractivity (Wildman–Crippen MR) is 97.4 cm³/mol. The number of para-hydroxylation sites is 1. The van der Waals surface area contributed by atoms with Gasteiger partial charge in [0.25, 0.3) is 0 Å². The van der Waals surface area contributed by atoms with Crippen molar-refractivity contribution in [2.24, 2.45) is 0 Å². The maximum absolute atomic E-state index is 12.1. The lowest BCUT2D eigenvalue weighted by Gasteiger charge is -2.28. The Morgan fingerprint density at radius 3 is 2.88 bits per heavy atom. The van der Waals surface area contributed by atoms with Crippen LogP contribution in [0.25, 0.3) is 0 Å². The molecule has 1 aliphatic heterocycles. The summed E-state index contributed by atoms with van der Waals surface area (Å²) in [5.74, 6) is 0.376. The molecule has 24 heavy (non-hydrogen) atoms. The second-order valence-electron chi connectivity index (χ2n) is 5.46. The Bertz CT molecular complexity index is 766. The van der Waals surface area contributed by atoms with Crippen molar-refractivity contribution in [3.63, 3.8) is 0 Å². The van der Waals surface area contributed by atoms with Crippen molar-refractivity contribution in [1.82, 2.24) is 5.32 Å². The summed E-state index contributed by atoms with van der Waals surface area (Å²) in [6.45, 7) is 0.817. The van der Waals surface area contributed by atoms with Gasteiger partial charge in [-0.25, -0.2) is 0 Å². The maximum atomic E-state index is 12.1. The van der Waals surface area contributed by atoms with Crippen LogP contribution >= 0.6 is 23.4 Å². The molecule has 1 heterocycles. The van der Waals surface area contributed by atoms with Crippen molar-refractivity contribution in [1.29, 1.82) is 0 Å². The number of hydrogen-bond donors (Lipinski definition) is 1. The van der Waals surface area contributed by atoms with Crippen molar-refractivity contribution in [2.75, 3.05) is 17.2 Å². The second-order valence-corrected chi connectivity index (χ2v) is 6.91. The molecule has 2 aromatic rings. The van der Waals surface area contributed by atoms with E-state index in [0.29, 0.717) is 23.9 Å². The summed E-state index contributed by atoms with van der Waals surface area (Å²) >= 11 is 7.47. The number of nitrogens with one attached hydrogen (secondary N) is 1. The normalized spacial score (nSPS) is 13.5. The number of nitrogens with zero attached hydrogens (tertiary/aromatic N) is 1. The van der Waals surface area contributed by atoms with Gasteiger partial charge < -0.3 is 10.2 Å². The highest BCUT2D eigenvalue weighted by Gasteiger charge is 2.24. The Morgan fingerprint density at radius 2 is 2.04 bits per heavy atom. The summed E-state index contributed by atoms with van der Waals surface area (Å²) < 4.78 is 0. The predicted octanol–water partition coefficient (Wildman–Crippen LogP) is 3.49. The molecule has 0 aromatic heterocycles. The van der Waals surface area contributed by atoms with Gasteiger partial charge in [-0.2, -0.15) is 0 Å². The molecule has 0 unspecified atom stereocenters. The lowest BCUT2D eigenvalue weighted by molar-refractivity contribution is -0.121. The molecule has 1 N–H and O–H groups in total. The highest BCUT2D eigenvalue weighted by Crippen LogP contribution is 2.34. The third-order valence-electron chi connectivity index (χ3n) is 3.75. The first-order valence-electron chi connectivity index (χ1n) is 7.67. The summed E-state index contributed by atoms with van der Waals surface area (Å²) in [6.07, 6.45) is 0.269. The molecular weight excluding hydrogens is 344 g/mol. The Labute approximate surface area is 150 Å². The fourth-order valence-corrected chi connectivity index (χ4v) is 3.70. The SMILES string of the molecule is O=C(CCN1C(=O)CSc2ccccc21)NCc1cccc(Cl)c1. The zero-order valence-electron chi connectivity index (χ0n) is 13.0. The van der Waals surface area contributed by atoms with Gasteiger partial charge in [0.05, 0.1) is 11.4 Å². The fraction of sp³-hybridized carbons (Fsp3) is 0.222. The fourth-order valence-electron chi connectivity index (χ4n) is 2.55. The number of anilines is 1. The van der Waals surface area contributed by atoms with Crippen LogP contribution in [0.2, 0.25) is 5.02 Å². The third kappa shape index (κ3) is 4.10. The second kappa shape index (κ2) is 7.73. The van der Waals surface area contributed by atoms with Gasteiger partial charge in [0.1, 0.15) is 0 Å². The minimum atomic E-state index is -0.0847. The maximum Gasteiger partial charge on any atom is 0.237 e. The molecule has 0 fully saturated rings. The van der Waals surface area contributed by atoms with E-state index in [2.05, 4.69) is 5.32 Å². The van der Waals surface area contributed by atoms with E-state index in [9.17, 15) is 9.59 Å². The summed E-state index contributed by atoms with van der Waals surface area (Å²) in [6, 6.07) is 15.2. The lowest BCUT2D eigenvalue weighted by Crippen LogP contribution is -2.38. The lowest BCUT2D eigenvalue weighted by atomic mass is 10.2. The molecular formula is C18H17ClN2O2S. The number of carbonyl (C=O) groups is 2. The van der Waals surface area contributed by atoms with Gasteiger partial charge in [-0.15, -0.1) is 11.8 Å². The van der Waals surface area contributed by atoms with E-state index in [1.807, 2.05) is 42.5 Å². The molecule has 0 bridgehead atoms. The molecule has 124 valence electrons. The average Bonchev–Trinajstić information content (AvgIpc) is 2.59. The number of hydrogen-bond acceptors (Lipinski definition) is 3. The number of thioether (sulfide) groups is 1. The topological polar surface area (TPSA) is 49.4 Å². The molecule has 2 amide bonds. The number of halogens is 1. The van der Waals surface area contributed by atoms with Crippen LogP contribution in [0.1, 0.15) is 12.0 Å². The highest BCUT2D eigenvalue weighted by atomic mass is 35.5. The van der Waals surface area contributed by atoms with Crippen molar-refractivity contribution in [3.05, 3.63) is 59.1 Å². The van der Waals surface area contributed by atoms with E-state index in [-0.39, 0.29) is 18.2 Å². The molecule has 4 nitrogen and oxygen atoms in total. The third-order valence-corrected chi connectivity index (χ3v) is 5.03. The van der Waals surface area contributed by atoms with Crippen LogP contribution < -0.4 is 10.2 Å². The first kappa shape index (κ1) is 16.9. The van der Waals surface area contributed by atoms with Gasteiger partial charge in [0.2, 0.25) is 11.8 Å². The van der Waals surface area contributed by atoms with Gasteiger partial charge >= 0.3 is 0 Å². The number of carbonyl (C=O) groups excluding carboxylic acids is 2. The van der Waals surface area contributed by atoms with Crippen LogP contribution in [0.4, 0.5) is 5.69 Å². The van der Waals surface area contributed by atoms with Gasteiger partial charge in [-0.1, -0.05) is 35.9 Å². The van der Waals surface area contributed by atoms with Crippen molar-refractivity contribution in [2.45, 2.75) is 17.9 Å². The summed E-state index contributed by atoms with van der Waals surface area (Å²) in [4.78, 5) is 27.0. The van der Waals surface area contributed by atoms with E-state index in [1.165, 1.54) is 11.8 Å². The monoisotopic (exact) mass is 360 g/mol. The van der Waals surface area contributed by atoms with E-state index in [1.54, 1.807) is 11.0 Å². The molecule has 0 saturated carbocycles. The Hall–Kier alpha value is -1.98. The number of benzene rings is 2. The number of amides is 2. The smallest absolute Gasteiger partial charge is 0.237 e. The molecule has 1 aliphatic rings. The molecule has 0 aliphatic carbocycles. The van der Waals surface area contributed by atoms with E-state index >= 15 is 0 Å². The average molecular weight is 361 g/mol.